The molecule has 0 amide bonds. The van der Waals surface area contributed by atoms with Crippen LogP contribution in [-0.2, 0) is 0 Å². The second-order valence-electron chi connectivity index (χ2n) is 2.54. The Hall–Kier alpha value is -0.870. The number of rotatable bonds is 4. The van der Waals surface area contributed by atoms with Gasteiger partial charge in [0, 0.05) is 17.8 Å². The van der Waals surface area contributed by atoms with E-state index in [-0.39, 0.29) is 6.04 Å². The molecule has 62 valence electrons. The molecular formula is C7H14N4. The van der Waals surface area contributed by atoms with E-state index in [1.165, 1.54) is 0 Å². The van der Waals surface area contributed by atoms with E-state index in [0.29, 0.717) is 0 Å². The van der Waals surface area contributed by atoms with Crippen LogP contribution in [0.1, 0.15) is 31.4 Å². The van der Waals surface area contributed by atoms with Crippen molar-refractivity contribution in [2.45, 2.75) is 25.8 Å². The standard InChI is InChI=1S/C7H14N4/c1-2-3-7(11-8)6-4-9-10-5-6/h4-5,7,11H,2-3,8H2,1H3,(H,9,10). The van der Waals surface area contributed by atoms with Gasteiger partial charge in [0.05, 0.1) is 6.20 Å². The first-order chi connectivity index (χ1) is 5.38. The summed E-state index contributed by atoms with van der Waals surface area (Å²) in [5.41, 5.74) is 3.87. The first-order valence-corrected chi connectivity index (χ1v) is 3.83. The maximum atomic E-state index is 5.36. The molecule has 0 saturated carbocycles. The Labute approximate surface area is 66.1 Å². The minimum Gasteiger partial charge on any atom is -0.285 e. The molecule has 0 radical (unpaired) electrons. The molecule has 0 aliphatic carbocycles. The summed E-state index contributed by atoms with van der Waals surface area (Å²) in [4.78, 5) is 0. The molecule has 4 heteroatoms. The number of hydrazine groups is 1. The van der Waals surface area contributed by atoms with Gasteiger partial charge in [-0.05, 0) is 6.42 Å². The molecule has 0 bridgehead atoms. The van der Waals surface area contributed by atoms with Crippen LogP contribution >= 0.6 is 0 Å². The maximum absolute atomic E-state index is 5.36. The average molecular weight is 154 g/mol. The maximum Gasteiger partial charge on any atom is 0.0535 e. The van der Waals surface area contributed by atoms with E-state index in [1.807, 2.05) is 6.20 Å². The number of hydrogen-bond donors (Lipinski definition) is 3. The second-order valence-corrected chi connectivity index (χ2v) is 2.54. The number of nitrogens with one attached hydrogen (secondary N) is 2. The molecule has 0 aliphatic heterocycles. The van der Waals surface area contributed by atoms with E-state index < -0.39 is 0 Å². The molecule has 1 rings (SSSR count). The van der Waals surface area contributed by atoms with Gasteiger partial charge in [-0.2, -0.15) is 5.10 Å². The highest BCUT2D eigenvalue weighted by Crippen LogP contribution is 2.14. The molecule has 0 aliphatic rings. The number of hydrogen-bond acceptors (Lipinski definition) is 3. The van der Waals surface area contributed by atoms with Crippen molar-refractivity contribution in [3.8, 4) is 0 Å². The Balaban J connectivity index is 2.56. The zero-order valence-electron chi connectivity index (χ0n) is 6.67. The normalized spacial score (nSPS) is 13.3. The fourth-order valence-corrected chi connectivity index (χ4v) is 1.09. The van der Waals surface area contributed by atoms with Crippen LogP contribution in [0.5, 0.6) is 0 Å². The monoisotopic (exact) mass is 154 g/mol. The Morgan fingerprint density at radius 2 is 2.64 bits per heavy atom. The van der Waals surface area contributed by atoms with E-state index in [1.54, 1.807) is 6.20 Å². The van der Waals surface area contributed by atoms with Crippen molar-refractivity contribution in [3.05, 3.63) is 18.0 Å². The Morgan fingerprint density at radius 3 is 3.09 bits per heavy atom. The van der Waals surface area contributed by atoms with E-state index in [0.717, 1.165) is 18.4 Å². The van der Waals surface area contributed by atoms with E-state index >= 15 is 0 Å². The van der Waals surface area contributed by atoms with Crippen molar-refractivity contribution in [1.29, 1.82) is 0 Å². The summed E-state index contributed by atoms with van der Waals surface area (Å²) in [5.74, 6) is 5.36. The van der Waals surface area contributed by atoms with Gasteiger partial charge in [0.1, 0.15) is 0 Å². The van der Waals surface area contributed by atoms with Crippen molar-refractivity contribution in [3.63, 3.8) is 0 Å². The molecule has 4 N–H and O–H groups in total. The largest absolute Gasteiger partial charge is 0.285 e. The van der Waals surface area contributed by atoms with Crippen LogP contribution in [0.15, 0.2) is 12.4 Å². The van der Waals surface area contributed by atoms with Crippen molar-refractivity contribution in [2.75, 3.05) is 0 Å². The van der Waals surface area contributed by atoms with Gasteiger partial charge in [-0.25, -0.2) is 0 Å². The summed E-state index contributed by atoms with van der Waals surface area (Å²) < 4.78 is 0. The van der Waals surface area contributed by atoms with Crippen molar-refractivity contribution < 1.29 is 0 Å². The average Bonchev–Trinajstić information content (AvgIpc) is 2.52. The minimum absolute atomic E-state index is 0.235. The lowest BCUT2D eigenvalue weighted by Crippen LogP contribution is -2.27. The highest BCUT2D eigenvalue weighted by Gasteiger charge is 2.07. The number of aromatic amines is 1. The fraction of sp³-hybridized carbons (Fsp3) is 0.571. The second kappa shape index (κ2) is 4.10. The fourth-order valence-electron chi connectivity index (χ4n) is 1.09. The summed E-state index contributed by atoms with van der Waals surface area (Å²) >= 11 is 0. The van der Waals surface area contributed by atoms with Gasteiger partial charge < -0.3 is 0 Å². The summed E-state index contributed by atoms with van der Waals surface area (Å²) in [7, 11) is 0. The van der Waals surface area contributed by atoms with Crippen LogP contribution in [0.4, 0.5) is 0 Å². The highest BCUT2D eigenvalue weighted by atomic mass is 15.2. The van der Waals surface area contributed by atoms with E-state index in [9.17, 15) is 0 Å². The lowest BCUT2D eigenvalue weighted by molar-refractivity contribution is 0.510. The van der Waals surface area contributed by atoms with Gasteiger partial charge in [0.15, 0.2) is 0 Å². The van der Waals surface area contributed by atoms with Crippen LogP contribution in [0.3, 0.4) is 0 Å². The molecule has 1 atom stereocenters. The SMILES string of the molecule is CCCC(NN)c1cn[nH]c1. The zero-order chi connectivity index (χ0) is 8.10. The summed E-state index contributed by atoms with van der Waals surface area (Å²) in [6.45, 7) is 2.13. The quantitative estimate of drug-likeness (QED) is 0.442. The molecule has 11 heavy (non-hydrogen) atoms. The van der Waals surface area contributed by atoms with E-state index in [2.05, 4.69) is 22.5 Å². The van der Waals surface area contributed by atoms with E-state index in [4.69, 9.17) is 5.84 Å². The topological polar surface area (TPSA) is 66.7 Å². The summed E-state index contributed by atoms with van der Waals surface area (Å²) in [5, 5.41) is 6.61. The minimum atomic E-state index is 0.235. The Bertz CT molecular complexity index is 182. The Morgan fingerprint density at radius 1 is 1.82 bits per heavy atom. The highest BCUT2D eigenvalue weighted by molar-refractivity contribution is 5.08. The van der Waals surface area contributed by atoms with Gasteiger partial charge in [-0.1, -0.05) is 13.3 Å². The van der Waals surface area contributed by atoms with Gasteiger partial charge in [-0.15, -0.1) is 0 Å². The van der Waals surface area contributed by atoms with Crippen LogP contribution in [0, 0.1) is 0 Å². The predicted octanol–water partition coefficient (Wildman–Crippen LogP) is 0.714. The summed E-state index contributed by atoms with van der Waals surface area (Å²) in [6.07, 6.45) is 5.80. The van der Waals surface area contributed by atoms with Crippen LogP contribution in [-0.4, -0.2) is 10.2 Å². The molecule has 1 heterocycles. The number of nitrogens with two attached hydrogens (primary N) is 1. The summed E-state index contributed by atoms with van der Waals surface area (Å²) in [6, 6.07) is 0.235. The molecule has 1 aromatic rings. The van der Waals surface area contributed by atoms with Crippen LogP contribution < -0.4 is 11.3 Å². The van der Waals surface area contributed by atoms with Crippen molar-refractivity contribution >= 4 is 0 Å². The molecule has 4 nitrogen and oxygen atoms in total. The van der Waals surface area contributed by atoms with Crippen LogP contribution in [0.2, 0.25) is 0 Å². The van der Waals surface area contributed by atoms with Gasteiger partial charge >= 0.3 is 0 Å². The third-order valence-electron chi connectivity index (χ3n) is 1.70. The molecule has 0 saturated heterocycles. The molecule has 1 aromatic heterocycles. The Kier molecular flexibility index (Phi) is 3.07. The van der Waals surface area contributed by atoms with Gasteiger partial charge in [-0.3, -0.25) is 16.4 Å². The van der Waals surface area contributed by atoms with Gasteiger partial charge in [0.25, 0.3) is 0 Å². The lowest BCUT2D eigenvalue weighted by Gasteiger charge is -2.11. The smallest absolute Gasteiger partial charge is 0.0535 e. The third-order valence-corrected chi connectivity index (χ3v) is 1.70. The predicted molar refractivity (Wildman–Crippen MR) is 43.6 cm³/mol. The molecule has 0 fully saturated rings. The van der Waals surface area contributed by atoms with Crippen molar-refractivity contribution in [1.82, 2.24) is 15.6 Å². The van der Waals surface area contributed by atoms with Crippen molar-refractivity contribution in [2.24, 2.45) is 5.84 Å². The first-order valence-electron chi connectivity index (χ1n) is 3.83. The molecular weight excluding hydrogens is 140 g/mol. The third kappa shape index (κ3) is 2.03. The van der Waals surface area contributed by atoms with Crippen LogP contribution in [0.25, 0.3) is 0 Å². The number of aromatic nitrogens is 2. The molecule has 1 unspecified atom stereocenters. The molecule has 0 spiro atoms. The molecule has 0 aromatic carbocycles. The van der Waals surface area contributed by atoms with Gasteiger partial charge in [0.2, 0.25) is 0 Å². The number of H-pyrrole nitrogens is 1. The number of nitrogens with zero attached hydrogens (tertiary/aromatic N) is 1. The first kappa shape index (κ1) is 8.23. The lowest BCUT2D eigenvalue weighted by atomic mass is 10.1. The zero-order valence-corrected chi connectivity index (χ0v) is 6.67.